The molecule has 0 saturated carbocycles. The number of rotatable bonds is 48. The summed E-state index contributed by atoms with van der Waals surface area (Å²) in [6.07, 6.45) is 52.7. The molecule has 0 radical (unpaired) electrons. The van der Waals surface area contributed by atoms with E-state index >= 15 is 0 Å². The van der Waals surface area contributed by atoms with E-state index in [0.717, 1.165) is 51.4 Å². The SMILES string of the molecule is CCCCCCCCC/C=C\CCCCCC(=O)OC(CCCCCCCCCCCCCCCCC)CC(=O)NC(CO)C(O)CCCCCCCCCCCCC. The number of esters is 1. The fourth-order valence-corrected chi connectivity index (χ4v) is 8.31. The average Bonchev–Trinajstić information content (AvgIpc) is 3.23. The number of carbonyl (C=O) groups excluding carboxylic acids is 2. The lowest BCUT2D eigenvalue weighted by atomic mass is 10.0. The van der Waals surface area contributed by atoms with Gasteiger partial charge in [-0.05, 0) is 51.4 Å². The van der Waals surface area contributed by atoms with Crippen molar-refractivity contribution in [3.63, 3.8) is 0 Å². The minimum Gasteiger partial charge on any atom is -0.462 e. The highest BCUT2D eigenvalue weighted by Crippen LogP contribution is 2.18. The Kier molecular flexibility index (Phi) is 46.5. The Labute approximate surface area is 368 Å². The van der Waals surface area contributed by atoms with Crippen LogP contribution in [0.15, 0.2) is 12.2 Å². The Hall–Kier alpha value is -1.40. The number of hydrogen-bond donors (Lipinski definition) is 3. The van der Waals surface area contributed by atoms with Gasteiger partial charge in [0.2, 0.25) is 5.91 Å². The molecular weight excluding hydrogens is 731 g/mol. The van der Waals surface area contributed by atoms with Gasteiger partial charge >= 0.3 is 5.97 Å². The van der Waals surface area contributed by atoms with Gasteiger partial charge in [0, 0.05) is 6.42 Å². The average molecular weight is 834 g/mol. The van der Waals surface area contributed by atoms with Gasteiger partial charge in [0.25, 0.3) is 0 Å². The zero-order chi connectivity index (χ0) is 43.1. The number of allylic oxidation sites excluding steroid dienone is 2. The molecule has 0 aromatic carbocycles. The van der Waals surface area contributed by atoms with Crippen molar-refractivity contribution < 1.29 is 24.5 Å². The van der Waals surface area contributed by atoms with Crippen LogP contribution >= 0.6 is 0 Å². The second-order valence-electron chi connectivity index (χ2n) is 18.3. The van der Waals surface area contributed by atoms with Crippen LogP contribution in [0.25, 0.3) is 0 Å². The molecule has 0 saturated heterocycles. The predicted octanol–water partition coefficient (Wildman–Crippen LogP) is 15.7. The molecule has 3 atom stereocenters. The summed E-state index contributed by atoms with van der Waals surface area (Å²) in [4.78, 5) is 26.1. The van der Waals surface area contributed by atoms with Gasteiger partial charge in [-0.25, -0.2) is 0 Å². The van der Waals surface area contributed by atoms with E-state index in [-0.39, 0.29) is 24.9 Å². The van der Waals surface area contributed by atoms with Crippen molar-refractivity contribution in [2.24, 2.45) is 0 Å². The molecule has 0 aliphatic heterocycles. The molecule has 6 heteroatoms. The van der Waals surface area contributed by atoms with Gasteiger partial charge in [-0.2, -0.15) is 0 Å². The standard InChI is InChI=1S/C53H103NO5/c1-4-7-10-13-16-19-22-24-26-27-30-32-35-38-41-44-49(59-53(58)46-43-40-37-34-31-28-25-23-20-17-14-11-8-5-2)47-52(57)54-50(48-55)51(56)45-42-39-36-33-29-21-18-15-12-9-6-3/h28,31,49-51,55-56H,4-27,29-30,32-48H2,1-3H3,(H,54,57)/b31-28-. The Morgan fingerprint density at radius 3 is 1.20 bits per heavy atom. The summed E-state index contributed by atoms with van der Waals surface area (Å²) in [5.74, 6) is -0.474. The summed E-state index contributed by atoms with van der Waals surface area (Å²) >= 11 is 0. The first-order valence-electron chi connectivity index (χ1n) is 26.4. The number of hydrogen-bond acceptors (Lipinski definition) is 5. The third-order valence-corrected chi connectivity index (χ3v) is 12.3. The molecule has 0 bridgehead atoms. The lowest BCUT2D eigenvalue weighted by molar-refractivity contribution is -0.151. The molecule has 59 heavy (non-hydrogen) atoms. The van der Waals surface area contributed by atoms with E-state index in [9.17, 15) is 19.8 Å². The van der Waals surface area contributed by atoms with Crippen molar-refractivity contribution in [3.05, 3.63) is 12.2 Å². The van der Waals surface area contributed by atoms with Crippen LogP contribution in [0.1, 0.15) is 290 Å². The highest BCUT2D eigenvalue weighted by Gasteiger charge is 2.24. The van der Waals surface area contributed by atoms with Gasteiger partial charge in [-0.3, -0.25) is 9.59 Å². The molecule has 0 heterocycles. The molecule has 350 valence electrons. The molecule has 0 aliphatic carbocycles. The zero-order valence-electron chi connectivity index (χ0n) is 39.9. The topological polar surface area (TPSA) is 95.9 Å². The van der Waals surface area contributed by atoms with Gasteiger partial charge in [0.1, 0.15) is 6.10 Å². The third-order valence-electron chi connectivity index (χ3n) is 12.3. The Morgan fingerprint density at radius 2 is 0.814 bits per heavy atom. The highest BCUT2D eigenvalue weighted by molar-refractivity contribution is 5.77. The van der Waals surface area contributed by atoms with Crippen LogP contribution in [0.5, 0.6) is 0 Å². The van der Waals surface area contributed by atoms with Crippen molar-refractivity contribution in [3.8, 4) is 0 Å². The molecule has 3 N–H and O–H groups in total. The predicted molar refractivity (Wildman–Crippen MR) is 255 cm³/mol. The molecular formula is C53H103NO5. The summed E-state index contributed by atoms with van der Waals surface area (Å²) in [6, 6.07) is -0.697. The molecule has 3 unspecified atom stereocenters. The maximum Gasteiger partial charge on any atom is 0.306 e. The number of aliphatic hydroxyl groups is 2. The van der Waals surface area contributed by atoms with E-state index in [2.05, 4.69) is 38.2 Å². The monoisotopic (exact) mass is 834 g/mol. The zero-order valence-corrected chi connectivity index (χ0v) is 39.9. The Morgan fingerprint density at radius 1 is 0.475 bits per heavy atom. The summed E-state index contributed by atoms with van der Waals surface area (Å²) < 4.78 is 5.93. The van der Waals surface area contributed by atoms with Gasteiger partial charge < -0.3 is 20.3 Å². The number of nitrogens with one attached hydrogen (secondary N) is 1. The smallest absolute Gasteiger partial charge is 0.306 e. The molecule has 1 amide bonds. The Bertz CT molecular complexity index is 893. The van der Waals surface area contributed by atoms with E-state index in [1.165, 1.54) is 193 Å². The highest BCUT2D eigenvalue weighted by atomic mass is 16.5. The summed E-state index contributed by atoms with van der Waals surface area (Å²) in [5, 5.41) is 23.7. The van der Waals surface area contributed by atoms with Crippen molar-refractivity contribution in [2.45, 2.75) is 309 Å². The van der Waals surface area contributed by atoms with Crippen molar-refractivity contribution >= 4 is 11.9 Å². The molecule has 0 aromatic heterocycles. The fraction of sp³-hybridized carbons (Fsp3) is 0.925. The van der Waals surface area contributed by atoms with E-state index in [1.54, 1.807) is 0 Å². The van der Waals surface area contributed by atoms with Crippen LogP contribution in [-0.2, 0) is 14.3 Å². The second-order valence-corrected chi connectivity index (χ2v) is 18.3. The van der Waals surface area contributed by atoms with E-state index < -0.39 is 18.2 Å². The number of amides is 1. The maximum atomic E-state index is 13.2. The van der Waals surface area contributed by atoms with E-state index in [4.69, 9.17) is 4.74 Å². The molecule has 0 aliphatic rings. The lowest BCUT2D eigenvalue weighted by Crippen LogP contribution is -2.46. The second kappa shape index (κ2) is 47.6. The summed E-state index contributed by atoms with van der Waals surface area (Å²) in [7, 11) is 0. The minimum atomic E-state index is -0.783. The van der Waals surface area contributed by atoms with Crippen LogP contribution in [0.2, 0.25) is 0 Å². The van der Waals surface area contributed by atoms with E-state index in [0.29, 0.717) is 19.3 Å². The van der Waals surface area contributed by atoms with Gasteiger partial charge in [-0.1, -0.05) is 238 Å². The lowest BCUT2D eigenvalue weighted by Gasteiger charge is -2.24. The molecule has 6 nitrogen and oxygen atoms in total. The van der Waals surface area contributed by atoms with Gasteiger partial charge in [0.05, 0.1) is 25.2 Å². The van der Waals surface area contributed by atoms with Crippen LogP contribution in [-0.4, -0.2) is 46.9 Å². The van der Waals surface area contributed by atoms with Crippen LogP contribution in [0.3, 0.4) is 0 Å². The first-order chi connectivity index (χ1) is 29.0. The number of aliphatic hydroxyl groups excluding tert-OH is 2. The Balaban J connectivity index is 4.56. The van der Waals surface area contributed by atoms with Crippen LogP contribution < -0.4 is 5.32 Å². The first kappa shape index (κ1) is 57.6. The van der Waals surface area contributed by atoms with E-state index in [1.807, 2.05) is 0 Å². The third kappa shape index (κ3) is 43.1. The van der Waals surface area contributed by atoms with Crippen molar-refractivity contribution in [1.82, 2.24) is 5.32 Å². The van der Waals surface area contributed by atoms with Crippen LogP contribution in [0, 0.1) is 0 Å². The van der Waals surface area contributed by atoms with Crippen molar-refractivity contribution in [2.75, 3.05) is 6.61 Å². The largest absolute Gasteiger partial charge is 0.462 e. The fourth-order valence-electron chi connectivity index (χ4n) is 8.31. The number of carbonyl (C=O) groups is 2. The molecule has 0 fully saturated rings. The number of ether oxygens (including phenoxy) is 1. The summed E-state index contributed by atoms with van der Waals surface area (Å²) in [6.45, 7) is 6.50. The van der Waals surface area contributed by atoms with Gasteiger partial charge in [-0.15, -0.1) is 0 Å². The number of unbranched alkanes of at least 4 members (excludes halogenated alkanes) is 34. The molecule has 0 rings (SSSR count). The minimum absolute atomic E-state index is 0.0789. The van der Waals surface area contributed by atoms with Crippen LogP contribution in [0.4, 0.5) is 0 Å². The normalized spacial score (nSPS) is 13.2. The summed E-state index contributed by atoms with van der Waals surface area (Å²) in [5.41, 5.74) is 0. The maximum absolute atomic E-state index is 13.2. The molecule has 0 aromatic rings. The van der Waals surface area contributed by atoms with Gasteiger partial charge in [0.15, 0.2) is 0 Å². The quantitative estimate of drug-likeness (QED) is 0.0322. The first-order valence-corrected chi connectivity index (χ1v) is 26.4. The molecule has 0 spiro atoms. The van der Waals surface area contributed by atoms with Crippen molar-refractivity contribution in [1.29, 1.82) is 0 Å².